The summed E-state index contributed by atoms with van der Waals surface area (Å²) in [5.41, 5.74) is 2.39. The highest BCUT2D eigenvalue weighted by atomic mass is 79.9. The van der Waals surface area contributed by atoms with Crippen LogP contribution in [0.4, 0.5) is 0 Å². The molecule has 2 heterocycles. The Kier molecular flexibility index (Phi) is 3.62. The molecule has 7 heteroatoms. The maximum absolute atomic E-state index is 12.2. The molecular formula is C13H10Br2N4O. The quantitative estimate of drug-likeness (QED) is 0.634. The van der Waals surface area contributed by atoms with Crippen molar-refractivity contribution in [3.05, 3.63) is 51.1 Å². The van der Waals surface area contributed by atoms with Gasteiger partial charge in [-0.2, -0.15) is 0 Å². The molecule has 0 saturated heterocycles. The molecule has 3 rings (SSSR count). The van der Waals surface area contributed by atoms with Crippen LogP contribution in [-0.4, -0.2) is 20.9 Å². The average Bonchev–Trinajstić information content (AvgIpc) is 3.06. The van der Waals surface area contributed by atoms with Crippen molar-refractivity contribution in [2.75, 3.05) is 0 Å². The molecule has 20 heavy (non-hydrogen) atoms. The second-order valence-corrected chi connectivity index (χ2v) is 5.98. The van der Waals surface area contributed by atoms with E-state index in [-0.39, 0.29) is 5.91 Å². The summed E-state index contributed by atoms with van der Waals surface area (Å²) in [6.45, 7) is 0.420. The van der Waals surface area contributed by atoms with E-state index in [0.717, 1.165) is 25.5 Å². The number of nitrogens with one attached hydrogen (secondary N) is 3. The second-order valence-electron chi connectivity index (χ2n) is 4.27. The van der Waals surface area contributed by atoms with Gasteiger partial charge in [-0.25, -0.2) is 4.98 Å². The zero-order valence-corrected chi connectivity index (χ0v) is 13.4. The molecule has 0 spiro atoms. The predicted molar refractivity (Wildman–Crippen MR) is 83.5 cm³/mol. The molecule has 5 nitrogen and oxygen atoms in total. The summed E-state index contributed by atoms with van der Waals surface area (Å²) in [6, 6.07) is 3.85. The zero-order chi connectivity index (χ0) is 14.1. The van der Waals surface area contributed by atoms with E-state index in [1.807, 2.05) is 12.1 Å². The van der Waals surface area contributed by atoms with Crippen LogP contribution in [0.3, 0.4) is 0 Å². The number of fused-ring (bicyclic) bond motifs is 1. The fraction of sp³-hybridized carbons (Fsp3) is 0.0769. The molecule has 2 aromatic heterocycles. The smallest absolute Gasteiger partial charge is 0.253 e. The first kappa shape index (κ1) is 13.4. The number of benzene rings is 1. The van der Waals surface area contributed by atoms with Crippen LogP contribution in [0.15, 0.2) is 39.8 Å². The molecular weight excluding hydrogens is 388 g/mol. The van der Waals surface area contributed by atoms with Crippen LogP contribution in [-0.2, 0) is 6.54 Å². The largest absolute Gasteiger partial charge is 0.360 e. The Morgan fingerprint density at radius 1 is 1.25 bits per heavy atom. The Labute approximate surface area is 131 Å². The number of aromatic nitrogens is 3. The minimum Gasteiger partial charge on any atom is -0.360 e. The third-order valence-electron chi connectivity index (χ3n) is 2.96. The summed E-state index contributed by atoms with van der Waals surface area (Å²) in [4.78, 5) is 22.2. The van der Waals surface area contributed by atoms with Gasteiger partial charge in [0.2, 0.25) is 0 Å². The van der Waals surface area contributed by atoms with E-state index in [1.165, 1.54) is 0 Å². The lowest BCUT2D eigenvalue weighted by atomic mass is 10.1. The molecule has 0 saturated carbocycles. The van der Waals surface area contributed by atoms with E-state index in [4.69, 9.17) is 0 Å². The van der Waals surface area contributed by atoms with E-state index in [9.17, 15) is 4.79 Å². The number of nitrogens with zero attached hydrogens (tertiary/aromatic N) is 1. The Balaban J connectivity index is 1.86. The minimum absolute atomic E-state index is 0.125. The lowest BCUT2D eigenvalue weighted by Gasteiger charge is -2.03. The Hall–Kier alpha value is -1.60. The Bertz CT molecular complexity index is 764. The summed E-state index contributed by atoms with van der Waals surface area (Å²) in [7, 11) is 0. The molecule has 102 valence electrons. The third-order valence-corrected chi connectivity index (χ3v) is 4.81. The predicted octanol–water partition coefficient (Wildman–Crippen LogP) is 3.35. The molecule has 1 amide bonds. The number of aromatic amines is 2. The lowest BCUT2D eigenvalue weighted by molar-refractivity contribution is 0.0952. The minimum atomic E-state index is -0.125. The van der Waals surface area contributed by atoms with Gasteiger partial charge in [0.1, 0.15) is 0 Å². The molecule has 0 radical (unpaired) electrons. The van der Waals surface area contributed by atoms with Crippen LogP contribution in [0.25, 0.3) is 10.9 Å². The van der Waals surface area contributed by atoms with Crippen LogP contribution >= 0.6 is 31.9 Å². The summed E-state index contributed by atoms with van der Waals surface area (Å²) in [5.74, 6) is -0.125. The highest BCUT2D eigenvalue weighted by Crippen LogP contribution is 2.30. The van der Waals surface area contributed by atoms with Crippen LogP contribution in [0.5, 0.6) is 0 Å². The fourth-order valence-electron chi connectivity index (χ4n) is 1.96. The van der Waals surface area contributed by atoms with Gasteiger partial charge in [0.25, 0.3) is 5.91 Å². The monoisotopic (exact) mass is 396 g/mol. The molecule has 0 fully saturated rings. The van der Waals surface area contributed by atoms with Gasteiger partial charge < -0.3 is 15.3 Å². The number of hydrogen-bond donors (Lipinski definition) is 3. The van der Waals surface area contributed by atoms with Crippen molar-refractivity contribution in [2.45, 2.75) is 6.54 Å². The summed E-state index contributed by atoms with van der Waals surface area (Å²) >= 11 is 6.89. The molecule has 0 atom stereocenters. The van der Waals surface area contributed by atoms with Crippen molar-refractivity contribution < 1.29 is 4.79 Å². The SMILES string of the molecule is O=C(NCc1cnc[nH]1)c1c[nH]c2cc(Br)c(Br)cc12. The maximum atomic E-state index is 12.2. The maximum Gasteiger partial charge on any atom is 0.253 e. The molecule has 0 aliphatic carbocycles. The number of H-pyrrole nitrogens is 2. The van der Waals surface area contributed by atoms with Crippen LogP contribution in [0, 0.1) is 0 Å². The number of hydrogen-bond acceptors (Lipinski definition) is 2. The summed E-state index contributed by atoms with van der Waals surface area (Å²) in [6.07, 6.45) is 4.98. The standard InChI is InChI=1S/C13H10Br2N4O/c14-10-1-8-9(5-17-12(8)2-11(10)15)13(20)18-4-7-3-16-6-19-7/h1-3,5-6,17H,4H2,(H,16,19)(H,18,20). The summed E-state index contributed by atoms with van der Waals surface area (Å²) in [5, 5.41) is 3.73. The van der Waals surface area contributed by atoms with Gasteiger partial charge in [-0.1, -0.05) is 0 Å². The number of rotatable bonds is 3. The van der Waals surface area contributed by atoms with Crippen LogP contribution < -0.4 is 5.32 Å². The second kappa shape index (κ2) is 5.41. The topological polar surface area (TPSA) is 73.6 Å². The van der Waals surface area contributed by atoms with Gasteiger partial charge in [0.05, 0.1) is 24.1 Å². The van der Waals surface area contributed by atoms with Gasteiger partial charge in [0, 0.05) is 32.2 Å². The van der Waals surface area contributed by atoms with Crippen LogP contribution in [0.2, 0.25) is 0 Å². The van der Waals surface area contributed by atoms with E-state index >= 15 is 0 Å². The fourth-order valence-corrected chi connectivity index (χ4v) is 2.64. The zero-order valence-electron chi connectivity index (χ0n) is 10.2. The molecule has 0 aliphatic rings. The third kappa shape index (κ3) is 2.51. The number of carbonyl (C=O) groups excluding carboxylic acids is 1. The van der Waals surface area contributed by atoms with Crippen molar-refractivity contribution in [1.82, 2.24) is 20.3 Å². The van der Waals surface area contributed by atoms with E-state index in [2.05, 4.69) is 52.1 Å². The normalized spacial score (nSPS) is 10.9. The van der Waals surface area contributed by atoms with Crippen LogP contribution in [0.1, 0.15) is 16.1 Å². The number of imidazole rings is 1. The molecule has 3 N–H and O–H groups in total. The first-order valence-electron chi connectivity index (χ1n) is 5.86. The first-order chi connectivity index (χ1) is 9.65. The molecule has 0 bridgehead atoms. The number of halogens is 2. The highest BCUT2D eigenvalue weighted by molar-refractivity contribution is 9.13. The summed E-state index contributed by atoms with van der Waals surface area (Å²) < 4.78 is 1.85. The van der Waals surface area contributed by atoms with E-state index in [0.29, 0.717) is 12.1 Å². The molecule has 0 aliphatic heterocycles. The van der Waals surface area contributed by atoms with Gasteiger partial charge in [-0.15, -0.1) is 0 Å². The van der Waals surface area contributed by atoms with Gasteiger partial charge in [-0.3, -0.25) is 4.79 Å². The van der Waals surface area contributed by atoms with E-state index in [1.54, 1.807) is 18.7 Å². The first-order valence-corrected chi connectivity index (χ1v) is 7.45. The lowest BCUT2D eigenvalue weighted by Crippen LogP contribution is -2.22. The van der Waals surface area contributed by atoms with E-state index < -0.39 is 0 Å². The van der Waals surface area contributed by atoms with Gasteiger partial charge >= 0.3 is 0 Å². The van der Waals surface area contributed by atoms with Crippen molar-refractivity contribution in [1.29, 1.82) is 0 Å². The van der Waals surface area contributed by atoms with Crippen molar-refractivity contribution in [3.8, 4) is 0 Å². The number of amides is 1. The van der Waals surface area contributed by atoms with Crippen molar-refractivity contribution in [3.63, 3.8) is 0 Å². The Morgan fingerprint density at radius 2 is 2.05 bits per heavy atom. The molecule has 1 aromatic carbocycles. The molecule has 3 aromatic rings. The number of carbonyl (C=O) groups is 1. The van der Waals surface area contributed by atoms with Crippen molar-refractivity contribution in [2.24, 2.45) is 0 Å². The van der Waals surface area contributed by atoms with Gasteiger partial charge in [0.15, 0.2) is 0 Å². The average molecular weight is 398 g/mol. The van der Waals surface area contributed by atoms with Crippen molar-refractivity contribution >= 4 is 48.7 Å². The highest BCUT2D eigenvalue weighted by Gasteiger charge is 2.13. The Morgan fingerprint density at radius 3 is 2.80 bits per heavy atom. The molecule has 0 unspecified atom stereocenters. The van der Waals surface area contributed by atoms with Gasteiger partial charge in [-0.05, 0) is 44.0 Å².